The molecular formula is C11H12ClN. The van der Waals surface area contributed by atoms with E-state index < -0.39 is 0 Å². The number of benzene rings is 1. The molecule has 0 fully saturated rings. The van der Waals surface area contributed by atoms with Crippen LogP contribution in [0.2, 0.25) is 5.02 Å². The first-order valence-corrected chi connectivity index (χ1v) is 4.45. The Kier molecular flexibility index (Phi) is 3.26. The van der Waals surface area contributed by atoms with Gasteiger partial charge in [-0.3, -0.25) is 4.99 Å². The maximum atomic E-state index is 5.85. The molecule has 1 rings (SSSR count). The highest BCUT2D eigenvalue weighted by Gasteiger charge is 1.96. The van der Waals surface area contributed by atoms with Gasteiger partial charge in [0.2, 0.25) is 0 Å². The maximum absolute atomic E-state index is 5.85. The van der Waals surface area contributed by atoms with Crippen molar-refractivity contribution in [2.75, 3.05) is 0 Å². The van der Waals surface area contributed by atoms with Gasteiger partial charge in [-0.15, -0.1) is 0 Å². The number of aliphatic imine (C=N–C) groups is 1. The fourth-order valence-electron chi connectivity index (χ4n) is 0.939. The van der Waals surface area contributed by atoms with Gasteiger partial charge in [-0.1, -0.05) is 24.2 Å². The smallest absolute Gasteiger partial charge is 0.0676 e. The lowest BCUT2D eigenvalue weighted by atomic mass is 10.2. The summed E-state index contributed by atoms with van der Waals surface area (Å²) in [6.07, 6.45) is 1.72. The lowest BCUT2D eigenvalue weighted by Crippen LogP contribution is -1.83. The van der Waals surface area contributed by atoms with Gasteiger partial charge in [0.25, 0.3) is 0 Å². The Labute approximate surface area is 83.8 Å². The van der Waals surface area contributed by atoms with Gasteiger partial charge in [-0.25, -0.2) is 0 Å². The number of rotatable bonds is 2. The fourth-order valence-corrected chi connectivity index (χ4v) is 1.10. The van der Waals surface area contributed by atoms with Gasteiger partial charge in [0.05, 0.1) is 5.69 Å². The molecule has 0 unspecified atom stereocenters. The molecule has 0 bridgehead atoms. The summed E-state index contributed by atoms with van der Waals surface area (Å²) in [5, 5.41) is 0.709. The normalized spacial score (nSPS) is 11.5. The van der Waals surface area contributed by atoms with E-state index in [2.05, 4.69) is 11.6 Å². The van der Waals surface area contributed by atoms with Crippen molar-refractivity contribution in [2.45, 2.75) is 13.8 Å². The average Bonchev–Trinajstić information content (AvgIpc) is 2.11. The van der Waals surface area contributed by atoms with Crippen LogP contribution in [0.5, 0.6) is 0 Å². The summed E-state index contributed by atoms with van der Waals surface area (Å²) in [6.45, 7) is 7.56. The zero-order valence-electron chi connectivity index (χ0n) is 7.84. The molecular weight excluding hydrogens is 182 g/mol. The van der Waals surface area contributed by atoms with E-state index in [1.165, 1.54) is 0 Å². The molecule has 0 aliphatic rings. The van der Waals surface area contributed by atoms with Crippen molar-refractivity contribution >= 4 is 23.0 Å². The Morgan fingerprint density at radius 3 is 2.85 bits per heavy atom. The zero-order chi connectivity index (χ0) is 9.84. The molecule has 0 N–H and O–H groups in total. The van der Waals surface area contributed by atoms with Crippen molar-refractivity contribution in [1.29, 1.82) is 0 Å². The molecule has 0 amide bonds. The van der Waals surface area contributed by atoms with E-state index in [1.54, 1.807) is 6.08 Å². The molecule has 1 nitrogen and oxygen atoms in total. The van der Waals surface area contributed by atoms with Crippen LogP contribution in [0, 0.1) is 6.92 Å². The number of nitrogens with zero attached hydrogens (tertiary/aromatic N) is 1. The standard InChI is InChI=1S/C11H12ClN/c1-4-9(3)13-11-7-10(12)6-5-8(11)2/h4-7H,1H2,2-3H3. The molecule has 0 atom stereocenters. The molecule has 0 radical (unpaired) electrons. The molecule has 0 heterocycles. The summed E-state index contributed by atoms with van der Waals surface area (Å²) >= 11 is 5.85. The van der Waals surface area contributed by atoms with Crippen molar-refractivity contribution in [2.24, 2.45) is 4.99 Å². The van der Waals surface area contributed by atoms with Crippen molar-refractivity contribution in [3.63, 3.8) is 0 Å². The first-order valence-electron chi connectivity index (χ1n) is 4.07. The second-order valence-electron chi connectivity index (χ2n) is 2.89. The summed E-state index contributed by atoms with van der Waals surface area (Å²) in [7, 11) is 0. The molecule has 68 valence electrons. The van der Waals surface area contributed by atoms with Gasteiger partial charge in [0, 0.05) is 10.7 Å². The van der Waals surface area contributed by atoms with Crippen LogP contribution in [-0.2, 0) is 0 Å². The summed E-state index contributed by atoms with van der Waals surface area (Å²) in [4.78, 5) is 4.35. The van der Waals surface area contributed by atoms with E-state index in [4.69, 9.17) is 11.6 Å². The highest BCUT2D eigenvalue weighted by Crippen LogP contribution is 2.23. The van der Waals surface area contributed by atoms with E-state index in [-0.39, 0.29) is 0 Å². The van der Waals surface area contributed by atoms with Gasteiger partial charge in [-0.05, 0) is 37.6 Å². The minimum absolute atomic E-state index is 0.709. The van der Waals surface area contributed by atoms with Gasteiger partial charge in [0.1, 0.15) is 0 Å². The summed E-state index contributed by atoms with van der Waals surface area (Å²) < 4.78 is 0. The topological polar surface area (TPSA) is 12.4 Å². The van der Waals surface area contributed by atoms with Gasteiger partial charge >= 0.3 is 0 Å². The molecule has 1 aromatic carbocycles. The van der Waals surface area contributed by atoms with Crippen molar-refractivity contribution < 1.29 is 0 Å². The van der Waals surface area contributed by atoms with Crippen LogP contribution >= 0.6 is 11.6 Å². The Morgan fingerprint density at radius 2 is 2.23 bits per heavy atom. The third kappa shape index (κ3) is 2.71. The first kappa shape index (κ1) is 10.0. The highest BCUT2D eigenvalue weighted by molar-refractivity contribution is 6.30. The predicted octanol–water partition coefficient (Wildman–Crippen LogP) is 3.93. The Bertz CT molecular complexity index is 353. The molecule has 2 heteroatoms. The van der Waals surface area contributed by atoms with Crippen molar-refractivity contribution in [3.8, 4) is 0 Å². The molecule has 0 saturated heterocycles. The average molecular weight is 194 g/mol. The molecule has 0 aromatic heterocycles. The lowest BCUT2D eigenvalue weighted by Gasteiger charge is -2.00. The van der Waals surface area contributed by atoms with E-state index in [9.17, 15) is 0 Å². The molecule has 0 aliphatic carbocycles. The Hall–Kier alpha value is -1.08. The first-order chi connectivity index (χ1) is 6.13. The van der Waals surface area contributed by atoms with Crippen LogP contribution in [0.4, 0.5) is 5.69 Å². The molecule has 0 saturated carbocycles. The highest BCUT2D eigenvalue weighted by atomic mass is 35.5. The molecule has 13 heavy (non-hydrogen) atoms. The summed E-state index contributed by atoms with van der Waals surface area (Å²) in [5.41, 5.74) is 2.92. The monoisotopic (exact) mass is 193 g/mol. The Morgan fingerprint density at radius 1 is 1.54 bits per heavy atom. The van der Waals surface area contributed by atoms with Crippen LogP contribution in [0.1, 0.15) is 12.5 Å². The van der Waals surface area contributed by atoms with Crippen LogP contribution in [0.15, 0.2) is 35.8 Å². The van der Waals surface area contributed by atoms with Crippen LogP contribution < -0.4 is 0 Å². The molecule has 0 aliphatic heterocycles. The number of hydrogen-bond donors (Lipinski definition) is 0. The van der Waals surface area contributed by atoms with Crippen molar-refractivity contribution in [1.82, 2.24) is 0 Å². The third-order valence-electron chi connectivity index (χ3n) is 1.76. The van der Waals surface area contributed by atoms with Crippen LogP contribution in [-0.4, -0.2) is 5.71 Å². The predicted molar refractivity (Wildman–Crippen MR) is 59.2 cm³/mol. The van der Waals surface area contributed by atoms with E-state index in [0.29, 0.717) is 5.02 Å². The minimum atomic E-state index is 0.709. The largest absolute Gasteiger partial charge is 0.253 e. The van der Waals surface area contributed by atoms with E-state index in [1.807, 2.05) is 32.0 Å². The van der Waals surface area contributed by atoms with E-state index >= 15 is 0 Å². The van der Waals surface area contributed by atoms with Crippen LogP contribution in [0.25, 0.3) is 0 Å². The molecule has 1 aromatic rings. The van der Waals surface area contributed by atoms with Crippen LogP contribution in [0.3, 0.4) is 0 Å². The number of allylic oxidation sites excluding steroid dienone is 1. The van der Waals surface area contributed by atoms with E-state index in [0.717, 1.165) is 17.0 Å². The fraction of sp³-hybridized carbons (Fsp3) is 0.182. The molecule has 0 spiro atoms. The maximum Gasteiger partial charge on any atom is 0.0676 e. The lowest BCUT2D eigenvalue weighted by molar-refractivity contribution is 1.39. The second kappa shape index (κ2) is 4.24. The van der Waals surface area contributed by atoms with Gasteiger partial charge in [-0.2, -0.15) is 0 Å². The minimum Gasteiger partial charge on any atom is -0.253 e. The number of hydrogen-bond acceptors (Lipinski definition) is 1. The Balaban J connectivity index is 3.13. The third-order valence-corrected chi connectivity index (χ3v) is 2.00. The number of halogens is 1. The summed E-state index contributed by atoms with van der Waals surface area (Å²) in [6, 6.07) is 5.67. The summed E-state index contributed by atoms with van der Waals surface area (Å²) in [5.74, 6) is 0. The van der Waals surface area contributed by atoms with Crippen molar-refractivity contribution in [3.05, 3.63) is 41.4 Å². The van der Waals surface area contributed by atoms with Gasteiger partial charge < -0.3 is 0 Å². The number of aryl methyl sites for hydroxylation is 1. The quantitative estimate of drug-likeness (QED) is 0.632. The zero-order valence-corrected chi connectivity index (χ0v) is 8.60. The van der Waals surface area contributed by atoms with Gasteiger partial charge in [0.15, 0.2) is 0 Å². The SMILES string of the molecule is C=CC(C)=Nc1cc(Cl)ccc1C. The second-order valence-corrected chi connectivity index (χ2v) is 3.32.